The Kier molecular flexibility index (Phi) is 7.26. The van der Waals surface area contributed by atoms with Crippen molar-refractivity contribution in [3.05, 3.63) is 35.4 Å². The molecule has 0 aromatic heterocycles. The topological polar surface area (TPSA) is 49.8 Å². The molecule has 0 radical (unpaired) electrons. The van der Waals surface area contributed by atoms with Crippen molar-refractivity contribution in [1.82, 2.24) is 4.90 Å². The van der Waals surface area contributed by atoms with Gasteiger partial charge in [-0.25, -0.2) is 0 Å². The van der Waals surface area contributed by atoms with Gasteiger partial charge in [-0.2, -0.15) is 0 Å². The molecule has 1 unspecified atom stereocenters. The first kappa shape index (κ1) is 16.7. The third kappa shape index (κ3) is 5.31. The predicted molar refractivity (Wildman–Crippen MR) is 79.8 cm³/mol. The third-order valence-electron chi connectivity index (χ3n) is 3.63. The van der Waals surface area contributed by atoms with Gasteiger partial charge in [-0.1, -0.05) is 31.2 Å². The number of carboxylic acids is 1. The van der Waals surface area contributed by atoms with Gasteiger partial charge in [-0.05, 0) is 24.5 Å². The Labute approximate surface area is 121 Å². The average molecular weight is 279 g/mol. The van der Waals surface area contributed by atoms with E-state index in [4.69, 9.17) is 9.84 Å². The predicted octanol–water partition coefficient (Wildman–Crippen LogP) is 2.56. The number of nitrogens with zero attached hydrogens (tertiary/aromatic N) is 1. The fourth-order valence-corrected chi connectivity index (χ4v) is 2.19. The van der Waals surface area contributed by atoms with Gasteiger partial charge in [0, 0.05) is 26.2 Å². The summed E-state index contributed by atoms with van der Waals surface area (Å²) in [5, 5.41) is 8.99. The summed E-state index contributed by atoms with van der Waals surface area (Å²) in [7, 11) is 1.70. The van der Waals surface area contributed by atoms with Crippen molar-refractivity contribution in [2.75, 3.05) is 20.3 Å². The van der Waals surface area contributed by atoms with Crippen LogP contribution in [-0.4, -0.2) is 42.3 Å². The van der Waals surface area contributed by atoms with Crippen molar-refractivity contribution in [2.45, 2.75) is 39.3 Å². The van der Waals surface area contributed by atoms with Gasteiger partial charge in [-0.15, -0.1) is 0 Å². The van der Waals surface area contributed by atoms with E-state index in [0.717, 1.165) is 30.6 Å². The zero-order valence-electron chi connectivity index (χ0n) is 12.6. The van der Waals surface area contributed by atoms with Crippen LogP contribution < -0.4 is 0 Å². The van der Waals surface area contributed by atoms with E-state index in [2.05, 4.69) is 18.7 Å². The van der Waals surface area contributed by atoms with E-state index in [-0.39, 0.29) is 6.42 Å². The summed E-state index contributed by atoms with van der Waals surface area (Å²) in [6.45, 7) is 6.66. The second-order valence-corrected chi connectivity index (χ2v) is 5.06. The van der Waals surface area contributed by atoms with Gasteiger partial charge in [0.15, 0.2) is 0 Å². The number of aliphatic carboxylic acids is 1. The highest BCUT2D eigenvalue weighted by molar-refractivity contribution is 5.70. The molecule has 1 aromatic rings. The van der Waals surface area contributed by atoms with Gasteiger partial charge in [0.05, 0.1) is 13.0 Å². The monoisotopic (exact) mass is 279 g/mol. The van der Waals surface area contributed by atoms with E-state index in [9.17, 15) is 4.79 Å². The lowest BCUT2D eigenvalue weighted by Crippen LogP contribution is -2.35. The molecule has 4 nitrogen and oxygen atoms in total. The van der Waals surface area contributed by atoms with Crippen molar-refractivity contribution in [3.63, 3.8) is 0 Å². The summed E-state index contributed by atoms with van der Waals surface area (Å²) < 4.78 is 5.16. The summed E-state index contributed by atoms with van der Waals surface area (Å²) in [6, 6.07) is 8.22. The molecule has 0 bridgehead atoms. The van der Waals surface area contributed by atoms with Crippen molar-refractivity contribution < 1.29 is 14.6 Å². The number of rotatable bonds is 9. The van der Waals surface area contributed by atoms with Crippen LogP contribution in [0.2, 0.25) is 0 Å². The van der Waals surface area contributed by atoms with Gasteiger partial charge >= 0.3 is 5.97 Å². The number of hydrogen-bond acceptors (Lipinski definition) is 3. The lowest BCUT2D eigenvalue weighted by molar-refractivity contribution is -0.136. The minimum atomic E-state index is -0.788. The van der Waals surface area contributed by atoms with E-state index < -0.39 is 5.97 Å². The van der Waals surface area contributed by atoms with Crippen LogP contribution in [0.25, 0.3) is 0 Å². The van der Waals surface area contributed by atoms with Crippen molar-refractivity contribution in [2.24, 2.45) is 0 Å². The van der Waals surface area contributed by atoms with E-state index in [1.807, 2.05) is 24.3 Å². The first-order valence-electron chi connectivity index (χ1n) is 7.10. The molecule has 0 spiro atoms. The standard InChI is InChI=1S/C16H25NO3/c1-4-13(2)17(9-10-20-3)12-15-8-6-5-7-14(15)11-16(18)19/h5-8,13H,4,9-12H2,1-3H3,(H,18,19). The minimum absolute atomic E-state index is 0.0782. The van der Waals surface area contributed by atoms with Gasteiger partial charge < -0.3 is 9.84 Å². The number of hydrogen-bond donors (Lipinski definition) is 1. The molecule has 0 aliphatic rings. The third-order valence-corrected chi connectivity index (χ3v) is 3.63. The number of benzene rings is 1. The van der Waals surface area contributed by atoms with Crippen LogP contribution >= 0.6 is 0 Å². The maximum Gasteiger partial charge on any atom is 0.307 e. The highest BCUT2D eigenvalue weighted by Gasteiger charge is 2.15. The minimum Gasteiger partial charge on any atom is -0.481 e. The maximum atomic E-state index is 10.9. The number of carboxylic acid groups (broad SMARTS) is 1. The van der Waals surface area contributed by atoms with Crippen LogP contribution in [0, 0.1) is 0 Å². The lowest BCUT2D eigenvalue weighted by atomic mass is 10.0. The van der Waals surface area contributed by atoms with E-state index in [1.165, 1.54) is 0 Å². The molecule has 0 saturated carbocycles. The summed E-state index contributed by atoms with van der Waals surface area (Å²) in [5.41, 5.74) is 1.98. The Morgan fingerprint density at radius 3 is 2.55 bits per heavy atom. The fourth-order valence-electron chi connectivity index (χ4n) is 2.19. The second kappa shape index (κ2) is 8.72. The average Bonchev–Trinajstić information content (AvgIpc) is 2.43. The molecule has 0 fully saturated rings. The van der Waals surface area contributed by atoms with Gasteiger partial charge in [0.2, 0.25) is 0 Å². The molecule has 0 saturated heterocycles. The summed E-state index contributed by atoms with van der Waals surface area (Å²) >= 11 is 0. The molecular weight excluding hydrogens is 254 g/mol. The molecule has 1 aromatic carbocycles. The van der Waals surface area contributed by atoms with E-state index in [0.29, 0.717) is 12.6 Å². The SMILES string of the molecule is CCC(C)N(CCOC)Cc1ccccc1CC(=O)O. The molecule has 1 N–H and O–H groups in total. The Bertz CT molecular complexity index is 420. The van der Waals surface area contributed by atoms with E-state index >= 15 is 0 Å². The molecule has 1 atom stereocenters. The van der Waals surface area contributed by atoms with Gasteiger partial charge in [0.25, 0.3) is 0 Å². The lowest BCUT2D eigenvalue weighted by Gasteiger charge is -2.29. The normalized spacial score (nSPS) is 12.6. The summed E-state index contributed by atoms with van der Waals surface area (Å²) in [4.78, 5) is 13.3. The molecule has 0 heterocycles. The summed E-state index contributed by atoms with van der Waals surface area (Å²) in [6.07, 6.45) is 1.14. The largest absolute Gasteiger partial charge is 0.481 e. The van der Waals surface area contributed by atoms with Crippen LogP contribution in [0.3, 0.4) is 0 Å². The zero-order valence-corrected chi connectivity index (χ0v) is 12.6. The summed E-state index contributed by atoms with van der Waals surface area (Å²) in [5.74, 6) is -0.788. The van der Waals surface area contributed by atoms with Crippen LogP contribution in [-0.2, 0) is 22.5 Å². The Hall–Kier alpha value is -1.39. The van der Waals surface area contributed by atoms with Crippen molar-refractivity contribution in [3.8, 4) is 0 Å². The molecule has 0 aliphatic carbocycles. The smallest absolute Gasteiger partial charge is 0.307 e. The zero-order chi connectivity index (χ0) is 15.0. The maximum absolute atomic E-state index is 10.9. The molecule has 4 heteroatoms. The van der Waals surface area contributed by atoms with E-state index in [1.54, 1.807) is 7.11 Å². The molecule has 1 rings (SSSR count). The first-order chi connectivity index (χ1) is 9.58. The number of carbonyl (C=O) groups is 1. The van der Waals surface area contributed by atoms with Crippen LogP contribution in [0.15, 0.2) is 24.3 Å². The Balaban J connectivity index is 2.83. The molecule has 0 aliphatic heterocycles. The van der Waals surface area contributed by atoms with Crippen LogP contribution in [0.4, 0.5) is 0 Å². The Morgan fingerprint density at radius 1 is 1.35 bits per heavy atom. The molecule has 0 amide bonds. The highest BCUT2D eigenvalue weighted by Crippen LogP contribution is 2.15. The highest BCUT2D eigenvalue weighted by atomic mass is 16.5. The van der Waals surface area contributed by atoms with Gasteiger partial charge in [-0.3, -0.25) is 9.69 Å². The van der Waals surface area contributed by atoms with Crippen LogP contribution in [0.1, 0.15) is 31.4 Å². The number of methoxy groups -OCH3 is 1. The quantitative estimate of drug-likeness (QED) is 0.755. The fraction of sp³-hybridized carbons (Fsp3) is 0.562. The first-order valence-corrected chi connectivity index (χ1v) is 7.10. The van der Waals surface area contributed by atoms with Gasteiger partial charge in [0.1, 0.15) is 0 Å². The number of ether oxygens (including phenoxy) is 1. The van der Waals surface area contributed by atoms with Crippen LogP contribution in [0.5, 0.6) is 0 Å². The second-order valence-electron chi connectivity index (χ2n) is 5.06. The molecule has 20 heavy (non-hydrogen) atoms. The Morgan fingerprint density at radius 2 is 2.00 bits per heavy atom. The molecule has 112 valence electrons. The van der Waals surface area contributed by atoms with Crippen molar-refractivity contribution in [1.29, 1.82) is 0 Å². The molecular formula is C16H25NO3. The van der Waals surface area contributed by atoms with Crippen molar-refractivity contribution >= 4 is 5.97 Å².